The van der Waals surface area contributed by atoms with Crippen molar-refractivity contribution in [2.24, 2.45) is 0 Å². The van der Waals surface area contributed by atoms with Crippen LogP contribution in [0.5, 0.6) is 23.3 Å². The molecular formula is C40H144B2N6O9. The molecule has 3 fully saturated rings. The van der Waals surface area contributed by atoms with E-state index in [1.807, 2.05) is 43.6 Å². The number of fused-ring (bicyclic) bond motifs is 1. The summed E-state index contributed by atoms with van der Waals surface area (Å²) < 4.78 is 550. The highest BCUT2D eigenvalue weighted by Gasteiger charge is 2.52. The van der Waals surface area contributed by atoms with Gasteiger partial charge in [-0.15, -0.1) is 0 Å². The second-order valence-electron chi connectivity index (χ2n) is 14.6. The molecule has 0 atom stereocenters. The summed E-state index contributed by atoms with van der Waals surface area (Å²) in [6.07, 6.45) is 0.766. The number of aromatic nitrogens is 2. The number of carbonyl (C=O) groups excluding carboxylic acids is 1. The number of nitrogens with zero attached hydrogens (tertiary/aromatic N) is 6. The van der Waals surface area contributed by atoms with E-state index in [0.29, 0.717) is 117 Å². The lowest BCUT2D eigenvalue weighted by atomic mass is 9.76. The van der Waals surface area contributed by atoms with Gasteiger partial charge in [-0.25, -0.2) is 19.7 Å². The van der Waals surface area contributed by atoms with E-state index in [2.05, 4.69) is 19.7 Å². The van der Waals surface area contributed by atoms with E-state index in [0.717, 1.165) is 17.3 Å². The van der Waals surface area contributed by atoms with Crippen LogP contribution in [0.15, 0.2) is 60.7 Å². The monoisotopic (exact) mass is 978 g/mol. The standard InChI is InChI=1S/C23H26BN3O5.C17H16BN3O4.51H2/c1-22(2)23(3,4)32-24(31-22)18-7-6-17(14-16(18)15-28)30-20-9-8-19(25-5)21(26-20)27-10-12-29-13-11-27;1-19-15-4-5-16(20-17(15)21-6-8-23-9-7-21)25-13-2-3-14-12(10-13)11-24-18(14)22;;;;;;;;;;;;;;;;;;;;;;;;;;;;;;;;;;;;;;;;;;;;;;;;;;;/h6-9,14-15H,10-13H2,1-4H3;2-5,10,22H,6-9,11H2;51*1H/i;;51*1+1D. The maximum atomic E-state index is 11.8. The maximum Gasteiger partial charge on any atom is 0.495 e. The Kier molecular flexibility index (Phi) is 3.31. The van der Waals surface area contributed by atoms with Crippen LogP contribution in [-0.2, 0) is 30.0 Å². The van der Waals surface area contributed by atoms with E-state index in [4.69, 9.17) is 198 Å². The number of benzene rings is 2. The van der Waals surface area contributed by atoms with Crippen molar-refractivity contribution in [3.8, 4) is 23.3 Å². The van der Waals surface area contributed by atoms with E-state index < -0.39 is 25.4 Å². The predicted molar refractivity (Wildman–Crippen MR) is 321 cm³/mol. The Bertz CT molecular complexity index is 2330. The smallest absolute Gasteiger partial charge is 0.439 e. The zero-order valence-electron chi connectivity index (χ0n) is 134. The first-order valence-corrected chi connectivity index (χ1v) is 18.6. The van der Waals surface area contributed by atoms with Crippen molar-refractivity contribution in [1.29, 1.82) is 0 Å². The molecule has 0 amide bonds. The molecule has 4 aliphatic heterocycles. The van der Waals surface area contributed by atoms with Crippen molar-refractivity contribution in [2.45, 2.75) is 45.5 Å². The fourth-order valence-electron chi connectivity index (χ4n) is 6.57. The van der Waals surface area contributed by atoms with Crippen LogP contribution in [-0.4, -0.2) is 99.3 Å². The van der Waals surface area contributed by atoms with Gasteiger partial charge >= 0.3 is 14.2 Å². The summed E-state index contributed by atoms with van der Waals surface area (Å²) >= 11 is 0. The molecule has 17 heteroatoms. The molecular weight excluding hydrogens is 730 g/mol. The van der Waals surface area contributed by atoms with Crippen LogP contribution in [0.1, 0.15) is 195 Å². The van der Waals surface area contributed by atoms with Crippen molar-refractivity contribution >= 4 is 54.5 Å². The molecule has 8 rings (SSSR count). The number of anilines is 2. The number of aldehydes is 1. The third kappa shape index (κ3) is 8.74. The Morgan fingerprint density at radius 1 is 0.772 bits per heavy atom. The minimum atomic E-state index is -0.868. The molecule has 3 saturated heterocycles. The summed E-state index contributed by atoms with van der Waals surface area (Å²) in [7, 11) is -1.51. The van der Waals surface area contributed by atoms with Crippen LogP contribution in [0.2, 0.25) is 0 Å². The molecule has 4 aliphatic rings. The van der Waals surface area contributed by atoms with Crippen LogP contribution in [0, 0.1) is 13.1 Å². The van der Waals surface area contributed by atoms with Crippen LogP contribution in [0.25, 0.3) is 9.69 Å². The van der Waals surface area contributed by atoms with Gasteiger partial charge in [-0.2, -0.15) is 0 Å². The van der Waals surface area contributed by atoms with Crippen LogP contribution >= 0.6 is 0 Å². The largest absolute Gasteiger partial charge is 0.495 e. The van der Waals surface area contributed by atoms with E-state index in [1.165, 1.54) is 0 Å². The lowest BCUT2D eigenvalue weighted by molar-refractivity contribution is 0.00578. The first-order chi connectivity index (χ1) is 78.5. The van der Waals surface area contributed by atoms with Crippen molar-refractivity contribution < 1.29 is 194 Å². The second-order valence-corrected chi connectivity index (χ2v) is 14.6. The topological polar surface area (TPSA) is 143 Å². The molecule has 0 aliphatic carbocycles. The van der Waals surface area contributed by atoms with Gasteiger partial charge < -0.3 is 47.7 Å². The van der Waals surface area contributed by atoms with E-state index in [9.17, 15) is 9.82 Å². The third-order valence-corrected chi connectivity index (χ3v) is 10.4. The van der Waals surface area contributed by atoms with E-state index in [-0.39, 0.29) is 0 Å². The van der Waals surface area contributed by atoms with Gasteiger partial charge in [0, 0.05) is 183 Å². The molecule has 2 aromatic heterocycles. The molecule has 0 spiro atoms. The Labute approximate surface area is 489 Å². The van der Waals surface area contributed by atoms with Crippen molar-refractivity contribution in [3.63, 3.8) is 0 Å². The van der Waals surface area contributed by atoms with Crippen LogP contribution in [0.3, 0.4) is 0 Å². The molecule has 6 heterocycles. The normalized spacial score (nSPS) is 25.3. The van der Waals surface area contributed by atoms with Gasteiger partial charge in [-0.1, -0.05) is 12.1 Å². The number of rotatable bonds is 8. The second kappa shape index (κ2) is 16.9. The predicted octanol–water partition coefficient (Wildman–Crippen LogP) is 17.4. The zero-order valence-corrected chi connectivity index (χ0v) is 32.3. The fourth-order valence-corrected chi connectivity index (χ4v) is 6.57. The number of carbonyl (C=O) groups is 1. The lowest BCUT2D eigenvalue weighted by Crippen LogP contribution is -2.41. The van der Waals surface area contributed by atoms with Gasteiger partial charge in [-0.3, -0.25) is 4.79 Å². The Morgan fingerprint density at radius 3 is 1.75 bits per heavy atom. The van der Waals surface area contributed by atoms with Gasteiger partial charge in [0.15, 0.2) is 0 Å². The highest BCUT2D eigenvalue weighted by atomic mass is 16.7. The first kappa shape index (κ1) is 11.1. The number of morpholine rings is 2. The molecule has 0 unspecified atom stereocenters. The van der Waals surface area contributed by atoms with Gasteiger partial charge in [0.1, 0.15) is 29.4 Å². The molecule has 2 aromatic carbocycles. The summed E-state index contributed by atoms with van der Waals surface area (Å²) in [5.41, 5.74) is 2.69. The summed E-state index contributed by atoms with van der Waals surface area (Å²) in [6.45, 7) is 28.2. The Hall–Kier alpha value is -5.52. The molecule has 0 saturated carbocycles. The fraction of sp³-hybridized carbons (Fsp3) is 0.375. The van der Waals surface area contributed by atoms with E-state index >= 15 is 0 Å². The van der Waals surface area contributed by atoms with E-state index in [1.54, 1.807) is 54.6 Å². The number of ether oxygens (including phenoxy) is 4. The zero-order chi connectivity index (χ0) is 142. The van der Waals surface area contributed by atoms with Crippen molar-refractivity contribution in [2.75, 3.05) is 62.4 Å². The highest BCUT2D eigenvalue weighted by Crippen LogP contribution is 2.37. The minimum Gasteiger partial charge on any atom is -0.439 e. The summed E-state index contributed by atoms with van der Waals surface area (Å²) in [5, 5.41) is 9.68. The van der Waals surface area contributed by atoms with Crippen LogP contribution in [0.4, 0.5) is 23.0 Å². The molecule has 57 heavy (non-hydrogen) atoms. The van der Waals surface area contributed by atoms with Crippen LogP contribution < -0.4 is 30.2 Å². The summed E-state index contributed by atoms with van der Waals surface area (Å²) in [4.78, 5) is 32.1. The lowest BCUT2D eigenvalue weighted by Gasteiger charge is -2.32. The van der Waals surface area contributed by atoms with Crippen molar-refractivity contribution in [1.82, 2.24) is 9.97 Å². The average molecular weight is 978 g/mol. The minimum absolute atomic E-state index is 0.346. The van der Waals surface area contributed by atoms with Gasteiger partial charge in [-0.05, 0) is 92.7 Å². The first-order valence-electron chi connectivity index (χ1n) is 69.6. The number of hydrogen-bond donors (Lipinski definition) is 1. The molecule has 394 valence electrons. The molecule has 15 nitrogen and oxygen atoms in total. The van der Waals surface area contributed by atoms with Gasteiger partial charge in [0.05, 0.1) is 57.4 Å². The Balaban J connectivity index is -0.0000000215. The van der Waals surface area contributed by atoms with Crippen molar-refractivity contribution in [3.05, 3.63) is 94.6 Å². The average Bonchev–Trinajstić information content (AvgIpc) is 1.61. The number of pyridine rings is 2. The quantitative estimate of drug-likeness (QED) is 0.102. The molecule has 4 aromatic rings. The summed E-state index contributed by atoms with van der Waals surface area (Å²) in [5.74, 6) is 3.05. The maximum absolute atomic E-state index is 11.8. The number of hydrogen-bond acceptors (Lipinski definition) is 13. The molecule has 0 radical (unpaired) electrons. The third-order valence-electron chi connectivity index (χ3n) is 10.4. The SMILES string of the molecule is [2H][2H].[2H][2H].[2H][2H].[2H][2H].[2H][2H].[2H][2H].[2H][2H].[2H][2H].[2H][2H].[2H][2H].[2H][2H].[2H][2H].[2H][2H].[2H][2H].[2H][2H].[2H][2H].[2H][2H].[2H][2H].[2H][2H].[2H][2H].[2H][2H].[2H][2H].[2H][2H].[2H][2H].[2H][2H].[2H][2H].[2H][2H].[2H][2H].[2H][2H].[2H][2H].[2H][2H].[2H][2H].[2H][2H].[2H][2H].[2H][2H].[2H][2H].[2H][2H].[2H][2H].[2H][2H].[2H][2H].[2H][2H].[2H][2H].[2H][2H].[2H][2H].[2H][2H].[2H][2H].[2H][2H].[2H][2H].[2H][2H].[2H][2H].[2H][2H].[C-]#[N+]c1ccc(Oc2ccc(B3OC(C)(C)C(C)(C)O3)c(C=O)c2)nc1N1CCOCC1.[C-]#[N+]c1ccc(Oc2ccc3c(c2)COB3O)nc1N1CCOCC1. The van der Waals surface area contributed by atoms with Gasteiger partial charge in [0.25, 0.3) is 0 Å². The summed E-state index contributed by atoms with van der Waals surface area (Å²) in [6, 6.07) is 17.3. The Morgan fingerprint density at radius 2 is 1.26 bits per heavy atom. The van der Waals surface area contributed by atoms with Gasteiger partial charge in [0.2, 0.25) is 23.1 Å². The highest BCUT2D eigenvalue weighted by molar-refractivity contribution is 6.63. The molecule has 0 bridgehead atoms. The molecule has 1 N–H and O–H groups in total.